The first-order valence-corrected chi connectivity index (χ1v) is 27.4. The molecule has 354 valence electrons. The Bertz CT molecular complexity index is 1780. The molecule has 2 aromatic carbocycles. The van der Waals surface area contributed by atoms with Crippen molar-refractivity contribution in [3.05, 3.63) is 115 Å². The first-order chi connectivity index (χ1) is 30.7. The molecule has 1 N–H and O–H groups in total. The lowest BCUT2D eigenvalue weighted by Gasteiger charge is -2.52. The van der Waals surface area contributed by atoms with E-state index in [0.29, 0.717) is 55.9 Å². The molecule has 13 heteroatoms. The van der Waals surface area contributed by atoms with Crippen molar-refractivity contribution in [2.45, 2.75) is 177 Å². The minimum Gasteiger partial charge on any atom is -0.497 e. The molecule has 12 atom stereocenters. The number of methoxy groups -OCH3 is 1. The third kappa shape index (κ3) is 11.8. The lowest BCUT2D eigenvalue weighted by molar-refractivity contribution is -0.266. The number of aliphatic hydroxyl groups is 1. The maximum atomic E-state index is 11.7. The normalized spacial score (nSPS) is 31.4. The third-order valence-electron chi connectivity index (χ3n) is 13.4. The average Bonchev–Trinajstić information content (AvgIpc) is 3.53. The van der Waals surface area contributed by atoms with Gasteiger partial charge in [-0.3, -0.25) is 0 Å². The average molecular weight is 921 g/mol. The summed E-state index contributed by atoms with van der Waals surface area (Å²) in [7, 11) is -3.86. The summed E-state index contributed by atoms with van der Waals surface area (Å²) in [5, 5.41) is 11.7. The number of hydrogen-bond acceptors (Lipinski definition) is 11. The zero-order valence-electron chi connectivity index (χ0n) is 39.7. The summed E-state index contributed by atoms with van der Waals surface area (Å²) in [5.41, 5.74) is 3.21. The zero-order chi connectivity index (χ0) is 46.0. The van der Waals surface area contributed by atoms with Crippen molar-refractivity contribution in [3.63, 3.8) is 0 Å². The predicted molar refractivity (Wildman–Crippen MR) is 255 cm³/mol. The molecule has 0 bridgehead atoms. The van der Waals surface area contributed by atoms with Gasteiger partial charge in [-0.05, 0) is 52.7 Å². The summed E-state index contributed by atoms with van der Waals surface area (Å²) in [6.07, 6.45) is 6.99. The van der Waals surface area contributed by atoms with E-state index in [-0.39, 0.29) is 24.2 Å². The molecule has 64 heavy (non-hydrogen) atoms. The van der Waals surface area contributed by atoms with Gasteiger partial charge in [-0.1, -0.05) is 134 Å². The molecule has 4 aliphatic rings. The number of rotatable bonds is 20. The molecule has 2 aromatic rings. The first kappa shape index (κ1) is 50.6. The van der Waals surface area contributed by atoms with Gasteiger partial charge in [0.25, 0.3) is 0 Å². The molecule has 0 spiro atoms. The van der Waals surface area contributed by atoms with Crippen LogP contribution in [0.4, 0.5) is 0 Å². The van der Waals surface area contributed by atoms with E-state index in [2.05, 4.69) is 86.8 Å². The monoisotopic (exact) mass is 920 g/mol. The van der Waals surface area contributed by atoms with Crippen LogP contribution in [-0.4, -0.2) is 110 Å². The molecule has 0 amide bonds. The highest BCUT2D eigenvalue weighted by atomic mass is 28.5. The topological polar surface area (TPSA) is 113 Å². The van der Waals surface area contributed by atoms with Gasteiger partial charge < -0.3 is 51.2 Å². The van der Waals surface area contributed by atoms with Gasteiger partial charge in [0.1, 0.15) is 36.3 Å². The molecular weight excluding hydrogens is 845 g/mol. The van der Waals surface area contributed by atoms with E-state index in [1.807, 2.05) is 60.7 Å². The Labute approximate surface area is 385 Å². The Morgan fingerprint density at radius 1 is 0.812 bits per heavy atom. The molecule has 0 aromatic heterocycles. The molecule has 3 unspecified atom stereocenters. The number of benzene rings is 2. The molecule has 2 saturated heterocycles. The van der Waals surface area contributed by atoms with Crippen molar-refractivity contribution in [2.75, 3.05) is 20.3 Å². The van der Waals surface area contributed by atoms with Gasteiger partial charge in [0.2, 0.25) is 0 Å². The van der Waals surface area contributed by atoms with Crippen molar-refractivity contribution in [1.29, 1.82) is 0 Å². The highest BCUT2D eigenvalue weighted by Gasteiger charge is 2.60. The Hall–Kier alpha value is -2.77. The van der Waals surface area contributed by atoms with Gasteiger partial charge in [0.15, 0.2) is 8.32 Å². The summed E-state index contributed by atoms with van der Waals surface area (Å²) < 4.78 is 67.6. The third-order valence-corrected chi connectivity index (χ3v) is 24.0. The van der Waals surface area contributed by atoms with Crippen LogP contribution < -0.4 is 4.74 Å². The molecule has 0 radical (unpaired) electrons. The van der Waals surface area contributed by atoms with E-state index in [9.17, 15) is 5.11 Å². The van der Waals surface area contributed by atoms with Crippen LogP contribution in [-0.2, 0) is 54.6 Å². The highest BCUT2D eigenvalue weighted by molar-refractivity contribution is 6.85. The highest BCUT2D eigenvalue weighted by Crippen LogP contribution is 2.47. The number of aliphatic hydroxyl groups excluding tert-OH is 1. The number of ether oxygens (including phenoxy) is 7. The van der Waals surface area contributed by atoms with Crippen LogP contribution in [0.3, 0.4) is 0 Å². The van der Waals surface area contributed by atoms with Crippen molar-refractivity contribution >= 4 is 17.1 Å². The molecule has 2 fully saturated rings. The fourth-order valence-corrected chi connectivity index (χ4v) is 21.9. The van der Waals surface area contributed by atoms with Gasteiger partial charge in [-0.2, -0.15) is 0 Å². The maximum absolute atomic E-state index is 11.7. The summed E-state index contributed by atoms with van der Waals surface area (Å²) in [6, 6.07) is 17.9. The second-order valence-electron chi connectivity index (χ2n) is 18.9. The van der Waals surface area contributed by atoms with Crippen molar-refractivity contribution in [3.8, 4) is 5.75 Å². The van der Waals surface area contributed by atoms with E-state index in [0.717, 1.165) is 16.9 Å². The van der Waals surface area contributed by atoms with Crippen molar-refractivity contribution in [1.82, 2.24) is 0 Å². The van der Waals surface area contributed by atoms with Gasteiger partial charge in [-0.15, -0.1) is 13.2 Å². The standard InChI is InChI=1S/C51H76O11Si2/c1-12-41(52)46(59-43-23-19-24-44-48(58-42(43)13-2)33-57-64(61-44,37(9)10)62-63(34(3)4,35(5)6)36(7)8)30-47-50(55-32-39-25-27-40(53-11)28-26-39)51(56-31-38-20-15-14-16-21-38)49-45(60-47)22-17-18-29-54-49/h12-21,24-28,34-37,41-52H,1-2,22-23,29-33H2,3-11H3/b24-19-/t41?,42-,43+,44-,45-,46?,47+,48+,49-,50+,51+,64?/m0/s1. The smallest absolute Gasteiger partial charge is 0.493 e. The molecule has 11 nitrogen and oxygen atoms in total. The van der Waals surface area contributed by atoms with Crippen LogP contribution in [0.2, 0.25) is 22.2 Å². The lowest BCUT2D eigenvalue weighted by atomic mass is 9.89. The van der Waals surface area contributed by atoms with E-state index >= 15 is 0 Å². The molecule has 6 rings (SSSR count). The Kier molecular flexibility index (Phi) is 18.4. The van der Waals surface area contributed by atoms with Crippen LogP contribution in [0.25, 0.3) is 0 Å². The Balaban J connectivity index is 1.25. The van der Waals surface area contributed by atoms with Crippen LogP contribution in [0.15, 0.2) is 104 Å². The number of hydrogen-bond donors (Lipinski definition) is 1. The lowest BCUT2D eigenvalue weighted by Crippen LogP contribution is -2.66. The van der Waals surface area contributed by atoms with Gasteiger partial charge in [0, 0.05) is 12.0 Å². The summed E-state index contributed by atoms with van der Waals surface area (Å²) in [6.45, 7) is 27.6. The van der Waals surface area contributed by atoms with E-state index in [4.69, 9.17) is 46.1 Å². The van der Waals surface area contributed by atoms with Crippen molar-refractivity contribution in [2.24, 2.45) is 0 Å². The maximum Gasteiger partial charge on any atom is 0.493 e. The Morgan fingerprint density at radius 3 is 2.11 bits per heavy atom. The first-order valence-electron chi connectivity index (χ1n) is 23.5. The van der Waals surface area contributed by atoms with Gasteiger partial charge in [0.05, 0.1) is 70.2 Å². The summed E-state index contributed by atoms with van der Waals surface area (Å²) in [5.74, 6) is 0.763. The van der Waals surface area contributed by atoms with Crippen LogP contribution >= 0.6 is 0 Å². The SMILES string of the molecule is C=CC(O)C(C[C@H]1O[C@H]2CC=CCO[C@@H]2[C@@H](OCc2ccccc2)[C@@H]1OCc1ccc(OC)cc1)O[C@@H]1C/C=C\[C@@H]2O[Si](O[Si](C(C)C)(C(C)C)C(C)C)(C(C)C)OC[C@H]2O[C@H]1C=C. The van der Waals surface area contributed by atoms with Crippen LogP contribution in [0.5, 0.6) is 5.75 Å². The van der Waals surface area contributed by atoms with Crippen LogP contribution in [0.1, 0.15) is 85.8 Å². The quantitative estimate of drug-likeness (QED) is 0.101. The fraction of sp³-hybridized carbons (Fsp3) is 0.608. The molecule has 0 aliphatic carbocycles. The second-order valence-corrected chi connectivity index (χ2v) is 27.8. The predicted octanol–water partition coefficient (Wildman–Crippen LogP) is 9.83. The Morgan fingerprint density at radius 2 is 1.48 bits per heavy atom. The van der Waals surface area contributed by atoms with Gasteiger partial charge >= 0.3 is 8.80 Å². The molecule has 4 aliphatic heterocycles. The summed E-state index contributed by atoms with van der Waals surface area (Å²) in [4.78, 5) is 0. The van der Waals surface area contributed by atoms with E-state index in [1.54, 1.807) is 13.2 Å². The van der Waals surface area contributed by atoms with Gasteiger partial charge in [-0.25, -0.2) is 0 Å². The van der Waals surface area contributed by atoms with Crippen LogP contribution in [0, 0.1) is 0 Å². The van der Waals surface area contributed by atoms with E-state index in [1.165, 1.54) is 6.08 Å². The van der Waals surface area contributed by atoms with Crippen molar-refractivity contribution < 1.29 is 51.2 Å². The van der Waals surface area contributed by atoms with E-state index < -0.39 is 72.1 Å². The minimum absolute atomic E-state index is 0.0630. The molecular formula is C51H76O11Si2. The fourth-order valence-electron chi connectivity index (χ4n) is 10.0. The largest absolute Gasteiger partial charge is 0.497 e. The zero-order valence-corrected chi connectivity index (χ0v) is 41.7. The second kappa shape index (κ2) is 23.3. The molecule has 0 saturated carbocycles. The number of fused-ring (bicyclic) bond motifs is 2. The minimum atomic E-state index is -3.16. The molecule has 4 heterocycles. The summed E-state index contributed by atoms with van der Waals surface area (Å²) >= 11 is 0.